The Kier molecular flexibility index (Phi) is 6.38. The molecule has 0 saturated carbocycles. The van der Waals surface area contributed by atoms with Crippen LogP contribution < -0.4 is 10.6 Å². The molecule has 3 N–H and O–H groups in total. The van der Waals surface area contributed by atoms with E-state index in [1.807, 2.05) is 0 Å². The van der Waals surface area contributed by atoms with Gasteiger partial charge in [-0.25, -0.2) is 9.59 Å². The number of benzene rings is 1. The summed E-state index contributed by atoms with van der Waals surface area (Å²) >= 11 is 6.00. The number of hydrogen-bond acceptors (Lipinski definition) is 3. The van der Waals surface area contributed by atoms with Gasteiger partial charge in [0.25, 0.3) is 5.91 Å². The van der Waals surface area contributed by atoms with Crippen LogP contribution in [0, 0.1) is 5.92 Å². The summed E-state index contributed by atoms with van der Waals surface area (Å²) in [4.78, 5) is 36.4. The van der Waals surface area contributed by atoms with Crippen LogP contribution in [0.25, 0.3) is 0 Å². The molecule has 0 radical (unpaired) electrons. The van der Waals surface area contributed by atoms with E-state index >= 15 is 0 Å². The minimum absolute atomic E-state index is 0.0927. The molecule has 0 aliphatic rings. The van der Waals surface area contributed by atoms with Crippen LogP contribution in [0.15, 0.2) is 18.2 Å². The second-order valence-electron chi connectivity index (χ2n) is 5.55. The molecule has 1 rings (SSSR count). The number of carbonyl (C=O) groups is 3. The van der Waals surface area contributed by atoms with Crippen molar-refractivity contribution in [2.24, 2.45) is 5.92 Å². The third-order valence-corrected chi connectivity index (χ3v) is 3.42. The van der Waals surface area contributed by atoms with Crippen LogP contribution in [0.5, 0.6) is 0 Å². The number of aliphatic carboxylic acids is 1. The number of nitrogens with zero attached hydrogens (tertiary/aromatic N) is 1. The fourth-order valence-electron chi connectivity index (χ4n) is 1.74. The number of nitrogens with one attached hydrogen (secondary N) is 2. The van der Waals surface area contributed by atoms with Crippen molar-refractivity contribution < 1.29 is 19.5 Å². The summed E-state index contributed by atoms with van der Waals surface area (Å²) in [5, 5.41) is 14.3. The molecular formula is C15H20ClN3O4. The van der Waals surface area contributed by atoms with E-state index in [4.69, 9.17) is 16.7 Å². The molecular weight excluding hydrogens is 322 g/mol. The van der Waals surface area contributed by atoms with Gasteiger partial charge in [0.2, 0.25) is 0 Å². The summed E-state index contributed by atoms with van der Waals surface area (Å²) in [5.41, 5.74) is 0.477. The van der Waals surface area contributed by atoms with Gasteiger partial charge in [-0.05, 0) is 24.1 Å². The van der Waals surface area contributed by atoms with Gasteiger partial charge in [0.05, 0.1) is 10.6 Å². The normalized spacial score (nSPS) is 11.7. The van der Waals surface area contributed by atoms with Gasteiger partial charge in [-0.15, -0.1) is 0 Å². The molecule has 7 nitrogen and oxygen atoms in total. The molecule has 0 aromatic heterocycles. The molecule has 23 heavy (non-hydrogen) atoms. The number of anilines is 1. The van der Waals surface area contributed by atoms with Crippen molar-refractivity contribution in [3.63, 3.8) is 0 Å². The second-order valence-corrected chi connectivity index (χ2v) is 5.96. The van der Waals surface area contributed by atoms with Crippen molar-refractivity contribution in [2.45, 2.75) is 19.9 Å². The minimum atomic E-state index is -1.12. The smallest absolute Gasteiger partial charge is 0.326 e. The Bertz CT molecular complexity index is 617. The van der Waals surface area contributed by atoms with Gasteiger partial charge in [0.15, 0.2) is 0 Å². The zero-order valence-electron chi connectivity index (χ0n) is 13.4. The van der Waals surface area contributed by atoms with Crippen LogP contribution in [0.2, 0.25) is 5.02 Å². The van der Waals surface area contributed by atoms with Crippen molar-refractivity contribution in [2.75, 3.05) is 19.4 Å². The molecule has 1 aromatic carbocycles. The third-order valence-electron chi connectivity index (χ3n) is 3.09. The van der Waals surface area contributed by atoms with Gasteiger partial charge in [0.1, 0.15) is 6.04 Å². The molecule has 8 heteroatoms. The van der Waals surface area contributed by atoms with Crippen LogP contribution in [0.3, 0.4) is 0 Å². The highest BCUT2D eigenvalue weighted by atomic mass is 35.5. The first-order valence-electron chi connectivity index (χ1n) is 6.95. The zero-order chi connectivity index (χ0) is 17.7. The Balaban J connectivity index is 3.00. The second kappa shape index (κ2) is 7.82. The summed E-state index contributed by atoms with van der Waals surface area (Å²) in [7, 11) is 3.16. The fourth-order valence-corrected chi connectivity index (χ4v) is 1.95. The van der Waals surface area contributed by atoms with Gasteiger partial charge in [-0.1, -0.05) is 25.4 Å². The predicted octanol–water partition coefficient (Wildman–Crippen LogP) is 2.27. The number of halogens is 1. The van der Waals surface area contributed by atoms with E-state index in [9.17, 15) is 14.4 Å². The fraction of sp³-hybridized carbons (Fsp3) is 0.400. The lowest BCUT2D eigenvalue weighted by molar-refractivity contribution is -0.140. The van der Waals surface area contributed by atoms with Crippen LogP contribution in [0.4, 0.5) is 10.5 Å². The van der Waals surface area contributed by atoms with E-state index in [0.717, 1.165) is 0 Å². The first kappa shape index (κ1) is 18.8. The molecule has 0 aliphatic heterocycles. The number of carboxylic acids is 1. The Morgan fingerprint density at radius 3 is 2.30 bits per heavy atom. The van der Waals surface area contributed by atoms with Crippen LogP contribution in [-0.2, 0) is 4.79 Å². The average molecular weight is 342 g/mol. The van der Waals surface area contributed by atoms with E-state index < -0.39 is 17.9 Å². The van der Waals surface area contributed by atoms with Gasteiger partial charge in [-0.3, -0.25) is 4.79 Å². The number of hydrogen-bond donors (Lipinski definition) is 3. The molecule has 0 fully saturated rings. The average Bonchev–Trinajstić information content (AvgIpc) is 2.45. The molecule has 1 atom stereocenters. The van der Waals surface area contributed by atoms with Crippen molar-refractivity contribution in [1.29, 1.82) is 0 Å². The molecule has 0 unspecified atom stereocenters. The largest absolute Gasteiger partial charge is 0.480 e. The van der Waals surface area contributed by atoms with Crippen LogP contribution in [0.1, 0.15) is 24.2 Å². The topological polar surface area (TPSA) is 98.7 Å². The van der Waals surface area contributed by atoms with E-state index in [0.29, 0.717) is 5.69 Å². The van der Waals surface area contributed by atoms with E-state index in [-0.39, 0.29) is 22.5 Å². The van der Waals surface area contributed by atoms with Crippen LogP contribution in [-0.4, -0.2) is 48.1 Å². The maximum absolute atomic E-state index is 12.3. The van der Waals surface area contributed by atoms with Gasteiger partial charge in [0, 0.05) is 19.8 Å². The van der Waals surface area contributed by atoms with E-state index in [2.05, 4.69) is 10.6 Å². The third kappa shape index (κ3) is 5.14. The number of urea groups is 1. The summed E-state index contributed by atoms with van der Waals surface area (Å²) in [6.07, 6.45) is 0. The highest BCUT2D eigenvalue weighted by Gasteiger charge is 2.25. The predicted molar refractivity (Wildman–Crippen MR) is 87.9 cm³/mol. The summed E-state index contributed by atoms with van der Waals surface area (Å²) in [5.74, 6) is -2.02. The summed E-state index contributed by atoms with van der Waals surface area (Å²) in [6, 6.07) is 3.03. The SMILES string of the molecule is CC(C)[C@@H](NC(=O)c1cc(NC(=O)N(C)C)ccc1Cl)C(=O)O. The summed E-state index contributed by atoms with van der Waals surface area (Å²) in [6.45, 7) is 3.38. The van der Waals surface area contributed by atoms with Gasteiger partial charge < -0.3 is 20.6 Å². The maximum atomic E-state index is 12.3. The molecule has 1 aromatic rings. The Labute approximate surface area is 139 Å². The zero-order valence-corrected chi connectivity index (χ0v) is 14.1. The Hall–Kier alpha value is -2.28. The van der Waals surface area contributed by atoms with Crippen molar-refractivity contribution in [3.8, 4) is 0 Å². The van der Waals surface area contributed by atoms with Crippen molar-refractivity contribution in [3.05, 3.63) is 28.8 Å². The number of rotatable bonds is 5. The van der Waals surface area contributed by atoms with Crippen molar-refractivity contribution in [1.82, 2.24) is 10.2 Å². The highest BCUT2D eigenvalue weighted by Crippen LogP contribution is 2.21. The Morgan fingerprint density at radius 2 is 1.83 bits per heavy atom. The monoisotopic (exact) mass is 341 g/mol. The molecule has 3 amide bonds. The number of carboxylic acid groups (broad SMARTS) is 1. The standard InChI is InChI=1S/C15H20ClN3O4/c1-8(2)12(14(21)22)18-13(20)10-7-9(5-6-11(10)16)17-15(23)19(3)4/h5-8,12H,1-4H3,(H,17,23)(H,18,20)(H,21,22)/t12-/m1/s1. The molecule has 126 valence electrons. The first-order valence-corrected chi connectivity index (χ1v) is 7.32. The lowest BCUT2D eigenvalue weighted by atomic mass is 10.0. The lowest BCUT2D eigenvalue weighted by Gasteiger charge is -2.19. The van der Waals surface area contributed by atoms with Gasteiger partial charge in [-0.2, -0.15) is 0 Å². The quantitative estimate of drug-likeness (QED) is 0.765. The number of carbonyl (C=O) groups excluding carboxylic acids is 2. The molecule has 0 saturated heterocycles. The summed E-state index contributed by atoms with van der Waals surface area (Å²) < 4.78 is 0. The maximum Gasteiger partial charge on any atom is 0.326 e. The Morgan fingerprint density at radius 1 is 1.22 bits per heavy atom. The lowest BCUT2D eigenvalue weighted by Crippen LogP contribution is -2.44. The highest BCUT2D eigenvalue weighted by molar-refractivity contribution is 6.34. The first-order chi connectivity index (χ1) is 10.6. The van der Waals surface area contributed by atoms with E-state index in [1.165, 1.54) is 17.0 Å². The molecule has 0 aliphatic carbocycles. The minimum Gasteiger partial charge on any atom is -0.480 e. The van der Waals surface area contributed by atoms with E-state index in [1.54, 1.807) is 34.0 Å². The number of amides is 3. The van der Waals surface area contributed by atoms with Gasteiger partial charge >= 0.3 is 12.0 Å². The van der Waals surface area contributed by atoms with Crippen LogP contribution >= 0.6 is 11.6 Å². The van der Waals surface area contributed by atoms with Crippen molar-refractivity contribution >= 4 is 35.2 Å². The molecule has 0 spiro atoms. The molecule has 0 bridgehead atoms. The molecule has 0 heterocycles.